The van der Waals surface area contributed by atoms with E-state index in [4.69, 9.17) is 26.8 Å². The molecule has 0 aliphatic carbocycles. The molecule has 0 spiro atoms. The number of ether oxygens (including phenoxy) is 2. The number of benzene rings is 2. The normalized spacial score (nSPS) is 10.3. The van der Waals surface area contributed by atoms with Crippen molar-refractivity contribution in [3.63, 3.8) is 0 Å². The first kappa shape index (κ1) is 14.5. The maximum atomic E-state index is 6.13. The minimum Gasteiger partial charge on any atom is -0.490 e. The molecule has 0 aliphatic heterocycles. The first-order chi connectivity index (χ1) is 9.72. The van der Waals surface area contributed by atoms with E-state index in [9.17, 15) is 0 Å². The molecule has 0 heterocycles. The summed E-state index contributed by atoms with van der Waals surface area (Å²) in [6.45, 7) is 3.04. The highest BCUT2D eigenvalue weighted by Crippen LogP contribution is 2.29. The summed E-state index contributed by atoms with van der Waals surface area (Å²) in [6, 6.07) is 13.0. The Morgan fingerprint density at radius 1 is 1.00 bits per heavy atom. The van der Waals surface area contributed by atoms with Gasteiger partial charge in [0.25, 0.3) is 0 Å². The molecule has 20 heavy (non-hydrogen) atoms. The van der Waals surface area contributed by atoms with E-state index in [2.05, 4.69) is 6.92 Å². The fourth-order valence-electron chi connectivity index (χ4n) is 1.78. The Morgan fingerprint density at radius 2 is 1.70 bits per heavy atom. The van der Waals surface area contributed by atoms with Crippen molar-refractivity contribution in [2.24, 2.45) is 0 Å². The van der Waals surface area contributed by atoms with E-state index in [0.29, 0.717) is 29.7 Å². The lowest BCUT2D eigenvalue weighted by Gasteiger charge is -2.13. The number of para-hydroxylation sites is 2. The first-order valence-electron chi connectivity index (χ1n) is 6.60. The van der Waals surface area contributed by atoms with Gasteiger partial charge in [0.2, 0.25) is 0 Å². The zero-order valence-electron chi connectivity index (χ0n) is 11.4. The smallest absolute Gasteiger partial charge is 0.161 e. The molecule has 0 saturated heterocycles. The average Bonchev–Trinajstić information content (AvgIpc) is 2.45. The minimum atomic E-state index is 0.317. The third kappa shape index (κ3) is 3.58. The van der Waals surface area contributed by atoms with E-state index in [1.54, 1.807) is 6.07 Å². The van der Waals surface area contributed by atoms with Crippen LogP contribution >= 0.6 is 11.6 Å². The molecule has 0 aliphatic rings. The second-order valence-electron chi connectivity index (χ2n) is 4.39. The van der Waals surface area contributed by atoms with Crippen LogP contribution < -0.4 is 15.2 Å². The maximum absolute atomic E-state index is 6.13. The lowest BCUT2D eigenvalue weighted by molar-refractivity contribution is 0.262. The zero-order chi connectivity index (χ0) is 14.4. The van der Waals surface area contributed by atoms with Crippen LogP contribution in [0.5, 0.6) is 11.5 Å². The Hall–Kier alpha value is -1.87. The van der Waals surface area contributed by atoms with Gasteiger partial charge in [0, 0.05) is 16.3 Å². The number of hydrogen-bond acceptors (Lipinski definition) is 3. The van der Waals surface area contributed by atoms with Gasteiger partial charge in [-0.15, -0.1) is 0 Å². The number of halogens is 1. The van der Waals surface area contributed by atoms with Gasteiger partial charge in [-0.05, 0) is 30.7 Å². The molecule has 106 valence electrons. The summed E-state index contributed by atoms with van der Waals surface area (Å²) < 4.78 is 11.4. The van der Waals surface area contributed by atoms with Crippen LogP contribution in [0.1, 0.15) is 18.9 Å². The predicted octanol–water partition coefficient (Wildman–Crippen LogP) is 4.29. The molecular weight excluding hydrogens is 274 g/mol. The van der Waals surface area contributed by atoms with Crippen molar-refractivity contribution >= 4 is 17.3 Å². The summed E-state index contributed by atoms with van der Waals surface area (Å²) in [4.78, 5) is 0. The van der Waals surface area contributed by atoms with Crippen molar-refractivity contribution in [1.82, 2.24) is 0 Å². The van der Waals surface area contributed by atoms with Gasteiger partial charge in [-0.2, -0.15) is 0 Å². The van der Waals surface area contributed by atoms with Crippen LogP contribution in [-0.2, 0) is 6.61 Å². The van der Waals surface area contributed by atoms with Crippen molar-refractivity contribution in [3.05, 3.63) is 53.1 Å². The summed E-state index contributed by atoms with van der Waals surface area (Å²) in [5, 5.41) is 0.608. The molecule has 0 amide bonds. The second kappa shape index (κ2) is 7.06. The molecule has 0 saturated carbocycles. The van der Waals surface area contributed by atoms with Crippen LogP contribution in [0.3, 0.4) is 0 Å². The Morgan fingerprint density at radius 3 is 2.35 bits per heavy atom. The standard InChI is InChI=1S/C16H18ClNO2/c1-2-10-19-15-8-3-4-9-16(15)20-11-12-13(17)6-5-7-14(12)18/h3-9H,2,10-11,18H2,1H3. The quantitative estimate of drug-likeness (QED) is 0.808. The van der Waals surface area contributed by atoms with E-state index in [1.807, 2.05) is 36.4 Å². The van der Waals surface area contributed by atoms with E-state index < -0.39 is 0 Å². The lowest BCUT2D eigenvalue weighted by atomic mass is 10.2. The molecule has 0 unspecified atom stereocenters. The average molecular weight is 292 g/mol. The monoisotopic (exact) mass is 291 g/mol. The summed E-state index contributed by atoms with van der Waals surface area (Å²) in [5.74, 6) is 1.43. The summed E-state index contributed by atoms with van der Waals surface area (Å²) in [6.07, 6.45) is 0.950. The molecule has 0 fully saturated rings. The molecule has 2 aromatic rings. The Balaban J connectivity index is 2.11. The highest BCUT2D eigenvalue weighted by molar-refractivity contribution is 6.31. The Kier molecular flexibility index (Phi) is 5.13. The number of nitrogen functional groups attached to an aromatic ring is 1. The zero-order valence-corrected chi connectivity index (χ0v) is 12.2. The molecule has 3 nitrogen and oxygen atoms in total. The molecule has 0 bridgehead atoms. The van der Waals surface area contributed by atoms with Gasteiger partial charge in [0.15, 0.2) is 11.5 Å². The van der Waals surface area contributed by atoms with Gasteiger partial charge in [-0.25, -0.2) is 0 Å². The van der Waals surface area contributed by atoms with Crippen molar-refractivity contribution < 1.29 is 9.47 Å². The van der Waals surface area contributed by atoms with Crippen LogP contribution in [0.15, 0.2) is 42.5 Å². The third-order valence-corrected chi connectivity index (χ3v) is 3.19. The van der Waals surface area contributed by atoms with Gasteiger partial charge < -0.3 is 15.2 Å². The number of hydrogen-bond donors (Lipinski definition) is 1. The largest absolute Gasteiger partial charge is 0.490 e. The lowest BCUT2D eigenvalue weighted by Crippen LogP contribution is -2.03. The molecule has 2 aromatic carbocycles. The SMILES string of the molecule is CCCOc1ccccc1OCc1c(N)cccc1Cl. The highest BCUT2D eigenvalue weighted by Gasteiger charge is 2.08. The molecule has 2 N–H and O–H groups in total. The van der Waals surface area contributed by atoms with E-state index in [1.165, 1.54) is 0 Å². The molecule has 4 heteroatoms. The summed E-state index contributed by atoms with van der Waals surface area (Å²) >= 11 is 6.13. The number of rotatable bonds is 6. The molecule has 0 aromatic heterocycles. The molecular formula is C16H18ClNO2. The van der Waals surface area contributed by atoms with Crippen molar-refractivity contribution in [2.45, 2.75) is 20.0 Å². The van der Waals surface area contributed by atoms with E-state index in [-0.39, 0.29) is 0 Å². The van der Waals surface area contributed by atoms with Gasteiger partial charge in [-0.1, -0.05) is 36.7 Å². The van der Waals surface area contributed by atoms with Crippen molar-refractivity contribution in [3.8, 4) is 11.5 Å². The van der Waals surface area contributed by atoms with E-state index in [0.717, 1.165) is 17.7 Å². The number of anilines is 1. The van der Waals surface area contributed by atoms with Gasteiger partial charge >= 0.3 is 0 Å². The summed E-state index contributed by atoms with van der Waals surface area (Å²) in [7, 11) is 0. The Labute approximate surface area is 124 Å². The summed E-state index contributed by atoms with van der Waals surface area (Å²) in [5.41, 5.74) is 7.33. The van der Waals surface area contributed by atoms with Crippen LogP contribution in [0.25, 0.3) is 0 Å². The minimum absolute atomic E-state index is 0.317. The van der Waals surface area contributed by atoms with Gasteiger partial charge in [-0.3, -0.25) is 0 Å². The fraction of sp³-hybridized carbons (Fsp3) is 0.250. The van der Waals surface area contributed by atoms with Crippen LogP contribution in [-0.4, -0.2) is 6.61 Å². The van der Waals surface area contributed by atoms with Crippen LogP contribution in [0.2, 0.25) is 5.02 Å². The fourth-order valence-corrected chi connectivity index (χ4v) is 2.01. The van der Waals surface area contributed by atoms with Crippen LogP contribution in [0, 0.1) is 0 Å². The van der Waals surface area contributed by atoms with E-state index >= 15 is 0 Å². The molecule has 0 atom stereocenters. The van der Waals surface area contributed by atoms with Crippen LogP contribution in [0.4, 0.5) is 5.69 Å². The molecule has 2 rings (SSSR count). The van der Waals surface area contributed by atoms with Crippen molar-refractivity contribution in [1.29, 1.82) is 0 Å². The Bertz CT molecular complexity index is 552. The predicted molar refractivity (Wildman–Crippen MR) is 82.4 cm³/mol. The van der Waals surface area contributed by atoms with Gasteiger partial charge in [0.05, 0.1) is 6.61 Å². The second-order valence-corrected chi connectivity index (χ2v) is 4.80. The highest BCUT2D eigenvalue weighted by atomic mass is 35.5. The first-order valence-corrected chi connectivity index (χ1v) is 6.97. The maximum Gasteiger partial charge on any atom is 0.161 e. The topological polar surface area (TPSA) is 44.5 Å². The number of nitrogens with two attached hydrogens (primary N) is 1. The van der Waals surface area contributed by atoms with Crippen molar-refractivity contribution in [2.75, 3.05) is 12.3 Å². The third-order valence-electron chi connectivity index (χ3n) is 2.84. The van der Waals surface area contributed by atoms with Gasteiger partial charge in [0.1, 0.15) is 6.61 Å². The molecule has 0 radical (unpaired) electrons.